The Morgan fingerprint density at radius 2 is 0.872 bits per heavy atom. The highest BCUT2D eigenvalue weighted by Crippen LogP contribution is 2.45. The van der Waals surface area contributed by atoms with Gasteiger partial charge in [0.05, 0.1) is 5.69 Å². The number of hydrogen-bond donors (Lipinski definition) is 0. The van der Waals surface area contributed by atoms with Crippen molar-refractivity contribution >= 4 is 65.0 Å². The highest BCUT2D eigenvalue weighted by atomic mass is 16.3. The zero-order valence-electron chi connectivity index (χ0n) is 25.4. The third kappa shape index (κ3) is 4.09. The van der Waals surface area contributed by atoms with Crippen LogP contribution in [0, 0.1) is 0 Å². The topological polar surface area (TPSA) is 26.0 Å². The van der Waals surface area contributed by atoms with Gasteiger partial charge in [0.15, 0.2) is 0 Å². The fourth-order valence-electron chi connectivity index (χ4n) is 7.43. The number of pyridine rings is 1. The fourth-order valence-corrected chi connectivity index (χ4v) is 7.43. The minimum absolute atomic E-state index is 0.849. The van der Waals surface area contributed by atoms with E-state index >= 15 is 0 Å². The van der Waals surface area contributed by atoms with Gasteiger partial charge in [0.1, 0.15) is 11.2 Å². The molecule has 0 saturated carbocycles. The first-order valence-corrected chi connectivity index (χ1v) is 16.0. The predicted octanol–water partition coefficient (Wildman–Crippen LogP) is 12.6. The van der Waals surface area contributed by atoms with Crippen LogP contribution in [-0.2, 0) is 0 Å². The van der Waals surface area contributed by atoms with Gasteiger partial charge in [-0.25, -0.2) is 0 Å². The van der Waals surface area contributed by atoms with Crippen LogP contribution in [0.4, 0.5) is 0 Å². The molecule has 8 aromatic carbocycles. The number of benzene rings is 8. The molecule has 0 aliphatic rings. The summed E-state index contributed by atoms with van der Waals surface area (Å²) in [5.41, 5.74) is 8.57. The van der Waals surface area contributed by atoms with Gasteiger partial charge < -0.3 is 4.42 Å². The second kappa shape index (κ2) is 10.1. The molecule has 0 unspecified atom stereocenters. The van der Waals surface area contributed by atoms with Crippen LogP contribution >= 0.6 is 0 Å². The van der Waals surface area contributed by atoms with Crippen LogP contribution in [0.2, 0.25) is 0 Å². The van der Waals surface area contributed by atoms with Crippen LogP contribution in [0.3, 0.4) is 0 Å². The predicted molar refractivity (Wildman–Crippen MR) is 198 cm³/mol. The summed E-state index contributed by atoms with van der Waals surface area (Å²) >= 11 is 0. The average Bonchev–Trinajstić information content (AvgIpc) is 3.51. The number of nitrogens with zero attached hydrogens (tertiary/aromatic N) is 1. The van der Waals surface area contributed by atoms with E-state index in [1.165, 1.54) is 65.3 Å². The lowest BCUT2D eigenvalue weighted by atomic mass is 9.84. The quantitative estimate of drug-likeness (QED) is 0.189. The molecule has 2 heteroatoms. The molecular formula is C45H27NO. The Hall–Kier alpha value is -6.25. The number of para-hydroxylation sites is 1. The Morgan fingerprint density at radius 3 is 1.55 bits per heavy atom. The number of aromatic nitrogens is 1. The van der Waals surface area contributed by atoms with Crippen molar-refractivity contribution in [1.82, 2.24) is 4.98 Å². The maximum absolute atomic E-state index is 6.27. The Balaban J connectivity index is 1.29. The van der Waals surface area contributed by atoms with E-state index in [9.17, 15) is 0 Å². The molecule has 0 saturated heterocycles. The van der Waals surface area contributed by atoms with Crippen molar-refractivity contribution in [3.05, 3.63) is 164 Å². The SMILES string of the molecule is c1ccc2cc(-c3c4ccccc4c(-c4ccc5ccccc5c4)c4cc(-c5cc6oc7ccccc7c6cn5)ccc34)ccc2c1. The minimum Gasteiger partial charge on any atom is -0.456 e. The van der Waals surface area contributed by atoms with Gasteiger partial charge in [0.25, 0.3) is 0 Å². The van der Waals surface area contributed by atoms with Gasteiger partial charge in [-0.05, 0) is 89.6 Å². The summed E-state index contributed by atoms with van der Waals surface area (Å²) in [5.74, 6) is 0. The van der Waals surface area contributed by atoms with E-state index in [-0.39, 0.29) is 0 Å². The molecule has 0 radical (unpaired) electrons. The molecule has 218 valence electrons. The van der Waals surface area contributed by atoms with Crippen molar-refractivity contribution in [2.45, 2.75) is 0 Å². The van der Waals surface area contributed by atoms with Crippen molar-refractivity contribution in [2.75, 3.05) is 0 Å². The highest BCUT2D eigenvalue weighted by Gasteiger charge is 2.19. The average molecular weight is 598 g/mol. The zero-order chi connectivity index (χ0) is 30.9. The normalized spacial score (nSPS) is 11.8. The highest BCUT2D eigenvalue weighted by molar-refractivity contribution is 6.22. The molecule has 0 aliphatic heterocycles. The van der Waals surface area contributed by atoms with Gasteiger partial charge in [-0.1, -0.05) is 127 Å². The zero-order valence-corrected chi connectivity index (χ0v) is 25.4. The molecule has 2 heterocycles. The number of fused-ring (bicyclic) bond motifs is 7. The van der Waals surface area contributed by atoms with E-state index in [1.54, 1.807) is 0 Å². The van der Waals surface area contributed by atoms with Crippen LogP contribution in [0.5, 0.6) is 0 Å². The van der Waals surface area contributed by atoms with E-state index in [0.29, 0.717) is 0 Å². The van der Waals surface area contributed by atoms with Gasteiger partial charge in [0.2, 0.25) is 0 Å². The largest absolute Gasteiger partial charge is 0.456 e. The fraction of sp³-hybridized carbons (Fsp3) is 0. The summed E-state index contributed by atoms with van der Waals surface area (Å²) in [6.07, 6.45) is 1.95. The molecule has 0 amide bonds. The second-order valence-electron chi connectivity index (χ2n) is 12.3. The van der Waals surface area contributed by atoms with Crippen LogP contribution in [0.25, 0.3) is 98.5 Å². The summed E-state index contributed by atoms with van der Waals surface area (Å²) in [7, 11) is 0. The molecule has 0 bridgehead atoms. The molecule has 2 aromatic heterocycles. The van der Waals surface area contributed by atoms with E-state index < -0.39 is 0 Å². The van der Waals surface area contributed by atoms with Crippen molar-refractivity contribution in [3.8, 4) is 33.5 Å². The lowest BCUT2D eigenvalue weighted by molar-refractivity contribution is 0.668. The van der Waals surface area contributed by atoms with Crippen LogP contribution in [-0.4, -0.2) is 4.98 Å². The summed E-state index contributed by atoms with van der Waals surface area (Å²) in [5, 5.41) is 12.0. The Labute approximate surface area is 271 Å². The first-order valence-electron chi connectivity index (χ1n) is 16.0. The maximum Gasteiger partial charge on any atom is 0.139 e. The van der Waals surface area contributed by atoms with Gasteiger partial charge in [0, 0.05) is 28.6 Å². The van der Waals surface area contributed by atoms with Crippen LogP contribution in [0.15, 0.2) is 168 Å². The number of hydrogen-bond acceptors (Lipinski definition) is 2. The third-order valence-electron chi connectivity index (χ3n) is 9.66. The molecule has 0 atom stereocenters. The molecule has 47 heavy (non-hydrogen) atoms. The van der Waals surface area contributed by atoms with Gasteiger partial charge in [-0.3, -0.25) is 4.98 Å². The molecule has 10 aromatic rings. The smallest absolute Gasteiger partial charge is 0.139 e. The molecule has 0 aliphatic carbocycles. The van der Waals surface area contributed by atoms with Gasteiger partial charge in [-0.15, -0.1) is 0 Å². The van der Waals surface area contributed by atoms with Crippen LogP contribution < -0.4 is 0 Å². The van der Waals surface area contributed by atoms with Crippen LogP contribution in [0.1, 0.15) is 0 Å². The van der Waals surface area contributed by atoms with Crippen molar-refractivity contribution in [2.24, 2.45) is 0 Å². The summed E-state index contributed by atoms with van der Waals surface area (Å²) in [6, 6.07) is 56.8. The first-order chi connectivity index (χ1) is 23.3. The Bertz CT molecular complexity index is 2860. The lowest BCUT2D eigenvalue weighted by Gasteiger charge is -2.19. The van der Waals surface area contributed by atoms with E-state index in [1.807, 2.05) is 24.4 Å². The number of rotatable bonds is 3. The first kappa shape index (κ1) is 26.0. The lowest BCUT2D eigenvalue weighted by Crippen LogP contribution is -1.92. The van der Waals surface area contributed by atoms with E-state index in [4.69, 9.17) is 9.40 Å². The summed E-state index contributed by atoms with van der Waals surface area (Å²) < 4.78 is 6.27. The second-order valence-corrected chi connectivity index (χ2v) is 12.3. The van der Waals surface area contributed by atoms with Gasteiger partial charge >= 0.3 is 0 Å². The molecule has 0 spiro atoms. The molecular weight excluding hydrogens is 571 g/mol. The minimum atomic E-state index is 0.849. The number of furan rings is 1. The van der Waals surface area contributed by atoms with E-state index in [2.05, 4.69) is 140 Å². The molecule has 0 fully saturated rings. The maximum atomic E-state index is 6.27. The monoisotopic (exact) mass is 597 g/mol. The third-order valence-corrected chi connectivity index (χ3v) is 9.66. The van der Waals surface area contributed by atoms with Crippen molar-refractivity contribution in [3.63, 3.8) is 0 Å². The van der Waals surface area contributed by atoms with Crippen molar-refractivity contribution in [1.29, 1.82) is 0 Å². The van der Waals surface area contributed by atoms with E-state index in [0.717, 1.165) is 33.2 Å². The van der Waals surface area contributed by atoms with Crippen molar-refractivity contribution < 1.29 is 4.42 Å². The standard InChI is InChI=1S/C45H27NO/c1-3-11-30-23-33(19-17-28(30)9-1)44-36-14-5-6-15-37(36)45(34-20-18-29-10-2-4-12-31(29)24-34)39-25-32(21-22-38(39)44)41-26-43-40(27-46-41)35-13-7-8-16-42(35)47-43/h1-27H. The Morgan fingerprint density at radius 1 is 0.340 bits per heavy atom. The van der Waals surface area contributed by atoms with Gasteiger partial charge in [-0.2, -0.15) is 0 Å². The molecule has 0 N–H and O–H groups in total. The summed E-state index contributed by atoms with van der Waals surface area (Å²) in [6.45, 7) is 0. The molecule has 10 rings (SSSR count). The Kier molecular flexibility index (Phi) is 5.61. The summed E-state index contributed by atoms with van der Waals surface area (Å²) in [4.78, 5) is 4.97. The molecule has 2 nitrogen and oxygen atoms in total.